The molecule has 1 aliphatic rings. The number of aromatic nitrogens is 1. The normalized spacial score (nSPS) is 12.6. The van der Waals surface area contributed by atoms with E-state index in [9.17, 15) is 0 Å². The van der Waals surface area contributed by atoms with Gasteiger partial charge in [0.1, 0.15) is 0 Å². The van der Waals surface area contributed by atoms with Crippen molar-refractivity contribution < 1.29 is 0 Å². The van der Waals surface area contributed by atoms with Gasteiger partial charge in [-0.1, -0.05) is 212 Å². The largest absolute Gasteiger partial charge is 0.310 e. The van der Waals surface area contributed by atoms with Crippen LogP contribution in [0.2, 0.25) is 0 Å². The molecule has 0 N–H and O–H groups in total. The molecule has 0 spiro atoms. The van der Waals surface area contributed by atoms with Crippen LogP contribution in [0, 0.1) is 0 Å². The zero-order valence-corrected chi connectivity index (χ0v) is 39.0. The lowest BCUT2D eigenvalue weighted by Crippen LogP contribution is -2.28. The molecule has 0 saturated carbocycles. The number of anilines is 3. The second kappa shape index (κ2) is 16.5. The van der Waals surface area contributed by atoms with E-state index in [1.54, 1.807) is 0 Å². The summed E-state index contributed by atoms with van der Waals surface area (Å²) in [6.45, 7) is 0. The van der Waals surface area contributed by atoms with Crippen LogP contribution in [0.5, 0.6) is 0 Å². The van der Waals surface area contributed by atoms with Crippen LogP contribution in [-0.4, -0.2) is 4.57 Å². The number of rotatable bonds is 8. The number of hydrogen-bond donors (Lipinski definition) is 0. The van der Waals surface area contributed by atoms with Crippen LogP contribution >= 0.6 is 0 Å². The number of para-hydroxylation sites is 1. The van der Waals surface area contributed by atoms with Gasteiger partial charge in [-0.25, -0.2) is 0 Å². The van der Waals surface area contributed by atoms with Crippen LogP contribution in [0.3, 0.4) is 0 Å². The van der Waals surface area contributed by atoms with Crippen molar-refractivity contribution in [2.24, 2.45) is 0 Å². The third kappa shape index (κ3) is 6.57. The highest BCUT2D eigenvalue weighted by Crippen LogP contribution is 2.57. The Bertz CT molecular complexity index is 4130. The summed E-state index contributed by atoms with van der Waals surface area (Å²) < 4.78 is 2.43. The van der Waals surface area contributed by atoms with Crippen molar-refractivity contribution in [2.75, 3.05) is 4.90 Å². The lowest BCUT2D eigenvalue weighted by molar-refractivity contribution is 0.768. The maximum Gasteiger partial charge on any atom is 0.0714 e. The van der Waals surface area contributed by atoms with Crippen molar-refractivity contribution >= 4 is 60.4 Å². The second-order valence-corrected chi connectivity index (χ2v) is 18.9. The Kier molecular flexibility index (Phi) is 9.47. The molecule has 0 atom stereocenters. The molecule has 1 aromatic heterocycles. The van der Waals surface area contributed by atoms with E-state index in [0.717, 1.165) is 33.9 Å². The van der Waals surface area contributed by atoms with Gasteiger partial charge in [0.05, 0.1) is 16.4 Å². The van der Waals surface area contributed by atoms with Crippen molar-refractivity contribution in [3.63, 3.8) is 0 Å². The summed E-state index contributed by atoms with van der Waals surface area (Å²) in [6, 6.07) is 103. The Labute approximate surface area is 413 Å². The molecule has 0 aliphatic heterocycles. The van der Waals surface area contributed by atoms with Gasteiger partial charge in [-0.2, -0.15) is 0 Å². The van der Waals surface area contributed by atoms with Gasteiger partial charge in [0, 0.05) is 33.5 Å². The molecule has 0 fully saturated rings. The zero-order chi connectivity index (χ0) is 46.9. The van der Waals surface area contributed by atoms with Gasteiger partial charge >= 0.3 is 0 Å². The predicted octanol–water partition coefficient (Wildman–Crippen LogP) is 18.3. The van der Waals surface area contributed by atoms with E-state index < -0.39 is 5.41 Å². The summed E-state index contributed by atoms with van der Waals surface area (Å²) >= 11 is 0. The summed E-state index contributed by atoms with van der Waals surface area (Å²) in [7, 11) is 0. The van der Waals surface area contributed by atoms with Crippen molar-refractivity contribution in [3.8, 4) is 39.1 Å². The Morgan fingerprint density at radius 2 is 0.831 bits per heavy atom. The van der Waals surface area contributed by atoms with Crippen molar-refractivity contribution in [1.29, 1.82) is 0 Å². The standard InChI is InChI=1S/C69H46N2/c1-3-21-55(22-4-1)69(56-23-5-2-6-24-56)65-28-13-11-26-61(65)62-41-39-60(46-66(62)69)70(57-36-32-49(33-37-57)53-31-30-47-16-7-9-18-50(47)42-53)58-25-15-20-52(44-58)54-35-40-64-63-27-12-14-29-67(63)71(68(64)45-54)59-38-34-48-17-8-10-19-51(48)43-59/h1-46H. The van der Waals surface area contributed by atoms with Gasteiger partial charge in [-0.15, -0.1) is 0 Å². The van der Waals surface area contributed by atoms with Gasteiger partial charge in [0.25, 0.3) is 0 Å². The van der Waals surface area contributed by atoms with Crippen LogP contribution in [0.1, 0.15) is 22.3 Å². The van der Waals surface area contributed by atoms with Crippen LogP contribution < -0.4 is 4.90 Å². The van der Waals surface area contributed by atoms with E-state index in [-0.39, 0.29) is 0 Å². The topological polar surface area (TPSA) is 8.17 Å². The molecule has 332 valence electrons. The molecule has 13 aromatic rings. The molecule has 0 unspecified atom stereocenters. The van der Waals surface area contributed by atoms with E-state index in [4.69, 9.17) is 0 Å². The highest BCUT2D eigenvalue weighted by molar-refractivity contribution is 6.10. The third-order valence-corrected chi connectivity index (χ3v) is 15.0. The SMILES string of the molecule is c1ccc(C2(c3ccccc3)c3ccccc3-c3ccc(N(c4ccc(-c5ccc6ccccc6c5)cc4)c4cccc(-c5ccc6c7ccccc7n(-c7ccc8ccccc8c7)c6c5)c4)cc32)cc1. The van der Waals surface area contributed by atoms with Crippen molar-refractivity contribution in [2.45, 2.75) is 5.41 Å². The molecule has 1 aliphatic carbocycles. The van der Waals surface area contributed by atoms with E-state index in [0.29, 0.717) is 0 Å². The number of benzene rings is 12. The first kappa shape index (κ1) is 40.8. The first-order chi connectivity index (χ1) is 35.2. The fraction of sp³-hybridized carbons (Fsp3) is 0.0145. The fourth-order valence-corrected chi connectivity index (χ4v) is 11.8. The Morgan fingerprint density at radius 1 is 0.282 bits per heavy atom. The van der Waals surface area contributed by atoms with Crippen molar-refractivity contribution in [1.82, 2.24) is 4.57 Å². The first-order valence-electron chi connectivity index (χ1n) is 24.6. The van der Waals surface area contributed by atoms with Gasteiger partial charge in [-0.05, 0) is 144 Å². The van der Waals surface area contributed by atoms with Crippen molar-refractivity contribution in [3.05, 3.63) is 301 Å². The van der Waals surface area contributed by atoms with Crippen LogP contribution in [0.15, 0.2) is 279 Å². The van der Waals surface area contributed by atoms with E-state index in [1.807, 2.05) is 0 Å². The monoisotopic (exact) mass is 902 g/mol. The van der Waals surface area contributed by atoms with Crippen LogP contribution in [-0.2, 0) is 5.41 Å². The summed E-state index contributed by atoms with van der Waals surface area (Å²) in [6.07, 6.45) is 0. The maximum atomic E-state index is 2.47. The second-order valence-electron chi connectivity index (χ2n) is 18.9. The Hall–Kier alpha value is -9.24. The van der Waals surface area contributed by atoms with E-state index in [1.165, 1.54) is 87.9 Å². The fourth-order valence-electron chi connectivity index (χ4n) is 11.8. The molecule has 12 aromatic carbocycles. The zero-order valence-electron chi connectivity index (χ0n) is 39.0. The summed E-state index contributed by atoms with van der Waals surface area (Å²) in [5.74, 6) is 0. The molecule has 0 amide bonds. The molecule has 2 heteroatoms. The van der Waals surface area contributed by atoms with Gasteiger partial charge < -0.3 is 9.47 Å². The molecular weight excluding hydrogens is 857 g/mol. The van der Waals surface area contributed by atoms with Gasteiger partial charge in [0.2, 0.25) is 0 Å². The number of nitrogens with zero attached hydrogens (tertiary/aromatic N) is 2. The first-order valence-corrected chi connectivity index (χ1v) is 24.6. The molecule has 1 heterocycles. The summed E-state index contributed by atoms with van der Waals surface area (Å²) in [5, 5.41) is 7.43. The Morgan fingerprint density at radius 3 is 1.61 bits per heavy atom. The van der Waals surface area contributed by atoms with Gasteiger partial charge in [-0.3, -0.25) is 0 Å². The minimum Gasteiger partial charge on any atom is -0.310 e. The number of hydrogen-bond acceptors (Lipinski definition) is 1. The van der Waals surface area contributed by atoms with Crippen LogP contribution in [0.4, 0.5) is 17.1 Å². The lowest BCUT2D eigenvalue weighted by Gasteiger charge is -2.35. The predicted molar refractivity (Wildman–Crippen MR) is 299 cm³/mol. The molecule has 71 heavy (non-hydrogen) atoms. The smallest absolute Gasteiger partial charge is 0.0714 e. The molecule has 0 bridgehead atoms. The lowest BCUT2D eigenvalue weighted by atomic mass is 9.67. The van der Waals surface area contributed by atoms with E-state index in [2.05, 4.69) is 289 Å². The van der Waals surface area contributed by atoms with Crippen LogP contribution in [0.25, 0.3) is 82.4 Å². The average molecular weight is 903 g/mol. The van der Waals surface area contributed by atoms with Gasteiger partial charge in [0.15, 0.2) is 0 Å². The molecule has 0 saturated heterocycles. The minimum atomic E-state index is -0.531. The quantitative estimate of drug-likeness (QED) is 0.147. The molecule has 0 radical (unpaired) electrons. The summed E-state index contributed by atoms with van der Waals surface area (Å²) in [4.78, 5) is 2.45. The highest BCUT2D eigenvalue weighted by Gasteiger charge is 2.46. The third-order valence-electron chi connectivity index (χ3n) is 15.0. The maximum absolute atomic E-state index is 2.47. The van der Waals surface area contributed by atoms with E-state index >= 15 is 0 Å². The molecule has 14 rings (SSSR count). The summed E-state index contributed by atoms with van der Waals surface area (Å²) in [5.41, 5.74) is 18.5. The average Bonchev–Trinajstić information content (AvgIpc) is 3.94. The minimum absolute atomic E-state index is 0.531. The molecule has 2 nitrogen and oxygen atoms in total. The Balaban J connectivity index is 0.955. The number of fused-ring (bicyclic) bond motifs is 8. The molecular formula is C69H46N2. The highest BCUT2D eigenvalue weighted by atomic mass is 15.1.